The van der Waals surface area contributed by atoms with E-state index < -0.39 is 6.09 Å². The van der Waals surface area contributed by atoms with E-state index in [1.54, 1.807) is 6.92 Å². The van der Waals surface area contributed by atoms with Gasteiger partial charge < -0.3 is 5.32 Å². The first-order valence-corrected chi connectivity index (χ1v) is 3.01. The number of carbonyl (C=O) groups is 1. The van der Waals surface area contributed by atoms with Gasteiger partial charge in [0.05, 0.1) is 0 Å². The predicted molar refractivity (Wildman–Crippen MR) is 33.5 cm³/mol. The first-order valence-electron chi connectivity index (χ1n) is 3.01. The minimum atomic E-state index is -1.20. The van der Waals surface area contributed by atoms with Crippen LogP contribution >= 0.6 is 0 Å². The van der Waals surface area contributed by atoms with Gasteiger partial charge >= 0.3 is 6.09 Å². The molecule has 1 atom stereocenters. The van der Waals surface area contributed by atoms with Gasteiger partial charge in [-0.1, -0.05) is 13.8 Å². The summed E-state index contributed by atoms with van der Waals surface area (Å²) in [6.45, 7) is 5.70. The molecule has 53 valence electrons. The minimum absolute atomic E-state index is 0.0185. The number of nitrogens with one attached hydrogen (secondary N) is 1. The van der Waals surface area contributed by atoms with E-state index in [9.17, 15) is 9.90 Å². The third kappa shape index (κ3) is 3.82. The monoisotopic (exact) mass is 130 g/mol. The average molecular weight is 130 g/mol. The molecule has 9 heavy (non-hydrogen) atoms. The lowest BCUT2D eigenvalue weighted by Crippen LogP contribution is -2.34. The molecule has 1 amide bonds. The van der Waals surface area contributed by atoms with Gasteiger partial charge in [0.2, 0.25) is 0 Å². The summed E-state index contributed by atoms with van der Waals surface area (Å²) in [7, 11) is 0. The van der Waals surface area contributed by atoms with E-state index in [1.807, 2.05) is 13.8 Å². The molecule has 0 aromatic rings. The second-order valence-corrected chi connectivity index (χ2v) is 2.46. The summed E-state index contributed by atoms with van der Waals surface area (Å²) in [5.74, 6) is 0.322. The van der Waals surface area contributed by atoms with Crippen molar-refractivity contribution in [2.75, 3.05) is 0 Å². The molecule has 0 heterocycles. The van der Waals surface area contributed by atoms with E-state index in [0.29, 0.717) is 5.92 Å². The van der Waals surface area contributed by atoms with Crippen LogP contribution < -0.4 is 5.32 Å². The predicted octanol–water partition coefficient (Wildman–Crippen LogP) is 1.17. The van der Waals surface area contributed by atoms with E-state index in [-0.39, 0.29) is 6.04 Å². The van der Waals surface area contributed by atoms with Gasteiger partial charge in [-0.2, -0.15) is 0 Å². The Balaban J connectivity index is 3.50. The molecule has 0 saturated carbocycles. The van der Waals surface area contributed by atoms with E-state index >= 15 is 0 Å². The zero-order chi connectivity index (χ0) is 7.44. The molecule has 1 unspecified atom stereocenters. The third-order valence-corrected chi connectivity index (χ3v) is 1.35. The van der Waals surface area contributed by atoms with Crippen LogP contribution in [-0.4, -0.2) is 12.1 Å². The highest BCUT2D eigenvalue weighted by Gasteiger charge is 2.09. The third-order valence-electron chi connectivity index (χ3n) is 1.35. The van der Waals surface area contributed by atoms with E-state index in [4.69, 9.17) is 0 Å². The molecule has 0 aromatic carbocycles. The molecule has 0 rings (SSSR count). The molecule has 1 N–H and O–H groups in total. The number of hydrogen-bond acceptors (Lipinski definition) is 1. The molecule has 3 heteroatoms. The van der Waals surface area contributed by atoms with Crippen molar-refractivity contribution in [1.82, 2.24) is 5.32 Å². The highest BCUT2D eigenvalue weighted by Crippen LogP contribution is 1.98. The van der Waals surface area contributed by atoms with Crippen molar-refractivity contribution >= 4 is 6.09 Å². The molecular formula is C6H12NO2. The van der Waals surface area contributed by atoms with Crippen molar-refractivity contribution in [3.05, 3.63) is 0 Å². The van der Waals surface area contributed by atoms with Crippen molar-refractivity contribution in [3.63, 3.8) is 0 Å². The lowest BCUT2D eigenvalue weighted by atomic mass is 10.1. The van der Waals surface area contributed by atoms with Gasteiger partial charge in [-0.3, -0.25) is 0 Å². The van der Waals surface area contributed by atoms with E-state index in [1.165, 1.54) is 0 Å². The SMILES string of the molecule is CC(C)C(C)NC([O])=O. The first-order chi connectivity index (χ1) is 4.04. The minimum Gasteiger partial charge on any atom is -0.316 e. The van der Waals surface area contributed by atoms with Crippen LogP contribution in [0.15, 0.2) is 0 Å². The van der Waals surface area contributed by atoms with Crippen LogP contribution in [0.25, 0.3) is 0 Å². The fraction of sp³-hybridized carbons (Fsp3) is 0.833. The molecular weight excluding hydrogens is 118 g/mol. The maximum atomic E-state index is 9.89. The van der Waals surface area contributed by atoms with Gasteiger partial charge in [0.25, 0.3) is 0 Å². The molecule has 0 bridgehead atoms. The molecule has 0 aromatic heterocycles. The summed E-state index contributed by atoms with van der Waals surface area (Å²) in [5, 5.41) is 12.1. The fourth-order valence-corrected chi connectivity index (χ4v) is 0.353. The summed E-state index contributed by atoms with van der Waals surface area (Å²) < 4.78 is 0. The molecule has 3 nitrogen and oxygen atoms in total. The largest absolute Gasteiger partial charge is 0.450 e. The first kappa shape index (κ1) is 8.27. The maximum Gasteiger partial charge on any atom is 0.450 e. The smallest absolute Gasteiger partial charge is 0.316 e. The average Bonchev–Trinajstić information content (AvgIpc) is 1.63. The van der Waals surface area contributed by atoms with Gasteiger partial charge in [-0.25, -0.2) is 9.90 Å². The summed E-state index contributed by atoms with van der Waals surface area (Å²) in [6, 6.07) is -0.0185. The van der Waals surface area contributed by atoms with Gasteiger partial charge in [-0.05, 0) is 12.8 Å². The second kappa shape index (κ2) is 3.33. The van der Waals surface area contributed by atoms with Crippen LogP contribution in [0.1, 0.15) is 20.8 Å². The fourth-order valence-electron chi connectivity index (χ4n) is 0.353. The Labute approximate surface area is 55.1 Å². The van der Waals surface area contributed by atoms with Crippen LogP contribution in [0.3, 0.4) is 0 Å². The summed E-state index contributed by atoms with van der Waals surface area (Å²) >= 11 is 0. The van der Waals surface area contributed by atoms with Gasteiger partial charge in [0.1, 0.15) is 0 Å². The van der Waals surface area contributed by atoms with Crippen LogP contribution in [0, 0.1) is 5.92 Å². The van der Waals surface area contributed by atoms with Gasteiger partial charge in [0.15, 0.2) is 0 Å². The highest BCUT2D eigenvalue weighted by atomic mass is 16.4. The van der Waals surface area contributed by atoms with Crippen molar-refractivity contribution < 1.29 is 9.90 Å². The van der Waals surface area contributed by atoms with Crippen molar-refractivity contribution in [3.8, 4) is 0 Å². The van der Waals surface area contributed by atoms with Crippen molar-refractivity contribution in [2.45, 2.75) is 26.8 Å². The lowest BCUT2D eigenvalue weighted by molar-refractivity contribution is 0.162. The van der Waals surface area contributed by atoms with Crippen molar-refractivity contribution in [1.29, 1.82) is 0 Å². The van der Waals surface area contributed by atoms with E-state index in [2.05, 4.69) is 5.32 Å². The Hall–Kier alpha value is -0.730. The normalized spacial score (nSPS) is 13.3. The molecule has 0 aliphatic heterocycles. The second-order valence-electron chi connectivity index (χ2n) is 2.46. The zero-order valence-electron chi connectivity index (χ0n) is 5.97. The number of rotatable bonds is 2. The van der Waals surface area contributed by atoms with Crippen LogP contribution in [0.2, 0.25) is 0 Å². The Bertz CT molecular complexity index is 101. The molecule has 0 spiro atoms. The zero-order valence-corrected chi connectivity index (χ0v) is 5.97. The van der Waals surface area contributed by atoms with Gasteiger partial charge in [-0.15, -0.1) is 0 Å². The lowest BCUT2D eigenvalue weighted by Gasteiger charge is -2.13. The molecule has 0 saturated heterocycles. The Morgan fingerprint density at radius 1 is 1.33 bits per heavy atom. The van der Waals surface area contributed by atoms with Gasteiger partial charge in [0, 0.05) is 6.04 Å². The number of amides is 1. The number of hydrogen-bond donors (Lipinski definition) is 1. The van der Waals surface area contributed by atoms with E-state index in [0.717, 1.165) is 0 Å². The van der Waals surface area contributed by atoms with Crippen LogP contribution in [0.4, 0.5) is 4.79 Å². The van der Waals surface area contributed by atoms with Crippen LogP contribution in [-0.2, 0) is 5.11 Å². The standard InChI is InChI=1S/C6H12NO2/c1-4(2)5(3)7-6(8)9/h4-5,7H,1-3H3. The topological polar surface area (TPSA) is 49.0 Å². The Kier molecular flexibility index (Phi) is 3.06. The highest BCUT2D eigenvalue weighted by molar-refractivity contribution is 5.64. The molecule has 0 aliphatic carbocycles. The van der Waals surface area contributed by atoms with Crippen LogP contribution in [0.5, 0.6) is 0 Å². The molecule has 1 radical (unpaired) electrons. The Morgan fingerprint density at radius 3 is 1.89 bits per heavy atom. The maximum absolute atomic E-state index is 9.89. The quantitative estimate of drug-likeness (QED) is 0.599. The summed E-state index contributed by atoms with van der Waals surface area (Å²) in [6.07, 6.45) is -1.20. The molecule has 0 fully saturated rings. The Morgan fingerprint density at radius 2 is 1.78 bits per heavy atom. The number of carbonyl (C=O) groups excluding carboxylic acids is 1. The summed E-state index contributed by atoms with van der Waals surface area (Å²) in [4.78, 5) is 9.89. The molecule has 0 aliphatic rings. The summed E-state index contributed by atoms with van der Waals surface area (Å²) in [5.41, 5.74) is 0. The van der Waals surface area contributed by atoms with Crippen molar-refractivity contribution in [2.24, 2.45) is 5.92 Å².